The second-order valence-electron chi connectivity index (χ2n) is 3.52. The minimum absolute atomic E-state index is 0.108. The normalized spacial score (nSPS) is 31.5. The van der Waals surface area contributed by atoms with Crippen LogP contribution in [0.4, 0.5) is 0 Å². The van der Waals surface area contributed by atoms with E-state index in [1.54, 1.807) is 6.92 Å². The van der Waals surface area contributed by atoms with Crippen molar-refractivity contribution in [2.75, 3.05) is 6.61 Å². The van der Waals surface area contributed by atoms with Crippen LogP contribution in [0.5, 0.6) is 0 Å². The molecule has 0 aromatic heterocycles. The van der Waals surface area contributed by atoms with Crippen LogP contribution in [-0.4, -0.2) is 35.6 Å². The Bertz CT molecular complexity index is 348. The molecular formula is C8H14O6S. The molecule has 2 atom stereocenters. The van der Waals surface area contributed by atoms with E-state index in [2.05, 4.69) is 4.74 Å². The summed E-state index contributed by atoms with van der Waals surface area (Å²) in [6, 6.07) is 0. The van der Waals surface area contributed by atoms with Crippen molar-refractivity contribution in [3.8, 4) is 0 Å². The van der Waals surface area contributed by atoms with Crippen molar-refractivity contribution in [2.24, 2.45) is 5.92 Å². The van der Waals surface area contributed by atoms with Gasteiger partial charge in [0.2, 0.25) is 4.93 Å². The number of hydrogen-bond donors (Lipinski definition) is 2. The first-order valence-corrected chi connectivity index (χ1v) is 6.13. The molecule has 0 aliphatic heterocycles. The van der Waals surface area contributed by atoms with E-state index >= 15 is 0 Å². The second-order valence-corrected chi connectivity index (χ2v) is 5.17. The molecule has 1 fully saturated rings. The summed E-state index contributed by atoms with van der Waals surface area (Å²) in [6.07, 6.45) is 0.421. The predicted molar refractivity (Wildman–Crippen MR) is 50.5 cm³/mol. The Kier molecular flexibility index (Phi) is 3.37. The average Bonchev–Trinajstić information content (AvgIpc) is 2.48. The number of esters is 1. The fourth-order valence-corrected chi connectivity index (χ4v) is 2.79. The van der Waals surface area contributed by atoms with Crippen LogP contribution in [0, 0.1) is 5.92 Å². The van der Waals surface area contributed by atoms with Crippen LogP contribution < -0.4 is 0 Å². The molecule has 1 rings (SSSR count). The quantitative estimate of drug-likeness (QED) is 0.527. The van der Waals surface area contributed by atoms with Crippen molar-refractivity contribution in [2.45, 2.75) is 31.1 Å². The zero-order chi connectivity index (χ0) is 11.7. The Hall–Kier alpha value is -0.660. The maximum atomic E-state index is 11.3. The van der Waals surface area contributed by atoms with E-state index in [1.165, 1.54) is 0 Å². The van der Waals surface area contributed by atoms with Crippen LogP contribution >= 0.6 is 0 Å². The third kappa shape index (κ3) is 2.14. The average molecular weight is 238 g/mol. The fourth-order valence-electron chi connectivity index (χ4n) is 1.81. The molecule has 0 aromatic carbocycles. The van der Waals surface area contributed by atoms with Gasteiger partial charge in [0.25, 0.3) is 10.1 Å². The van der Waals surface area contributed by atoms with Crippen LogP contribution in [0.15, 0.2) is 0 Å². The molecular weight excluding hydrogens is 224 g/mol. The highest BCUT2D eigenvalue weighted by Gasteiger charge is 2.55. The van der Waals surface area contributed by atoms with Gasteiger partial charge in [-0.15, -0.1) is 0 Å². The number of hydrogen-bond acceptors (Lipinski definition) is 5. The summed E-state index contributed by atoms with van der Waals surface area (Å²) in [7, 11) is -4.66. The maximum Gasteiger partial charge on any atom is 0.313 e. The van der Waals surface area contributed by atoms with Crippen molar-refractivity contribution in [3.05, 3.63) is 0 Å². The monoisotopic (exact) mass is 238 g/mol. The topological polar surface area (TPSA) is 101 Å². The van der Waals surface area contributed by atoms with Crippen molar-refractivity contribution in [1.29, 1.82) is 0 Å². The minimum Gasteiger partial charge on any atom is -0.466 e. The molecule has 6 nitrogen and oxygen atoms in total. The summed E-state index contributed by atoms with van der Waals surface area (Å²) in [5.41, 5.74) is 0. The Morgan fingerprint density at radius 2 is 2.20 bits per heavy atom. The van der Waals surface area contributed by atoms with E-state index in [9.17, 15) is 18.3 Å². The highest BCUT2D eigenvalue weighted by atomic mass is 32.2. The molecule has 0 bridgehead atoms. The summed E-state index contributed by atoms with van der Waals surface area (Å²) in [5, 5.41) is 9.75. The number of carbonyl (C=O) groups excluding carboxylic acids is 1. The van der Waals surface area contributed by atoms with E-state index in [1.807, 2.05) is 0 Å². The molecule has 0 heterocycles. The number of carbonyl (C=O) groups is 1. The molecule has 1 aliphatic rings. The van der Waals surface area contributed by atoms with Gasteiger partial charge in [-0.3, -0.25) is 9.35 Å². The lowest BCUT2D eigenvalue weighted by molar-refractivity contribution is -0.152. The Labute approximate surface area is 88.0 Å². The van der Waals surface area contributed by atoms with Gasteiger partial charge in [0.1, 0.15) is 5.92 Å². The molecule has 15 heavy (non-hydrogen) atoms. The van der Waals surface area contributed by atoms with E-state index in [-0.39, 0.29) is 19.4 Å². The van der Waals surface area contributed by atoms with Gasteiger partial charge in [0, 0.05) is 0 Å². The summed E-state index contributed by atoms with van der Waals surface area (Å²) < 4.78 is 35.5. The smallest absolute Gasteiger partial charge is 0.313 e. The first-order chi connectivity index (χ1) is 6.83. The van der Waals surface area contributed by atoms with Gasteiger partial charge in [0.05, 0.1) is 6.61 Å². The van der Waals surface area contributed by atoms with Crippen molar-refractivity contribution in [3.63, 3.8) is 0 Å². The van der Waals surface area contributed by atoms with Crippen LogP contribution in [0.25, 0.3) is 0 Å². The molecule has 7 heteroatoms. The van der Waals surface area contributed by atoms with E-state index in [0.29, 0.717) is 6.42 Å². The lowest BCUT2D eigenvalue weighted by Crippen LogP contribution is -2.45. The molecule has 88 valence electrons. The van der Waals surface area contributed by atoms with E-state index in [0.717, 1.165) is 0 Å². The molecule has 0 amide bonds. The number of rotatable bonds is 3. The summed E-state index contributed by atoms with van der Waals surface area (Å²) in [4.78, 5) is 8.97. The SMILES string of the molecule is CCOC(=O)C1CCCC1(O)S(=O)(=O)O. The number of aliphatic hydroxyl groups is 1. The molecule has 0 radical (unpaired) electrons. The van der Waals surface area contributed by atoms with Crippen LogP contribution in [0.1, 0.15) is 26.2 Å². The zero-order valence-corrected chi connectivity index (χ0v) is 9.16. The largest absolute Gasteiger partial charge is 0.466 e. The van der Waals surface area contributed by atoms with Crippen LogP contribution in [-0.2, 0) is 19.6 Å². The lowest BCUT2D eigenvalue weighted by atomic mass is 10.1. The predicted octanol–water partition coefficient (Wildman–Crippen LogP) is -0.0740. The molecule has 2 N–H and O–H groups in total. The van der Waals surface area contributed by atoms with Gasteiger partial charge < -0.3 is 9.84 Å². The fraction of sp³-hybridized carbons (Fsp3) is 0.875. The van der Waals surface area contributed by atoms with E-state index < -0.39 is 26.9 Å². The Morgan fingerprint density at radius 1 is 1.60 bits per heavy atom. The lowest BCUT2D eigenvalue weighted by Gasteiger charge is -2.24. The summed E-state index contributed by atoms with van der Waals surface area (Å²) in [6.45, 7) is 1.69. The standard InChI is InChI=1S/C8H14O6S/c1-2-14-7(9)6-4-3-5-8(6,10)15(11,12)13/h6,10H,2-5H2,1H3,(H,11,12,13). The third-order valence-corrected chi connectivity index (χ3v) is 3.97. The van der Waals surface area contributed by atoms with E-state index in [4.69, 9.17) is 4.55 Å². The van der Waals surface area contributed by atoms with Gasteiger partial charge in [-0.05, 0) is 26.2 Å². The highest BCUT2D eigenvalue weighted by Crippen LogP contribution is 2.39. The minimum atomic E-state index is -4.66. The van der Waals surface area contributed by atoms with Crippen LogP contribution in [0.2, 0.25) is 0 Å². The van der Waals surface area contributed by atoms with Crippen molar-refractivity contribution >= 4 is 16.1 Å². The molecule has 0 saturated heterocycles. The van der Waals surface area contributed by atoms with Gasteiger partial charge in [-0.1, -0.05) is 0 Å². The zero-order valence-electron chi connectivity index (χ0n) is 8.34. The molecule has 0 aromatic rings. The van der Waals surface area contributed by atoms with Gasteiger partial charge >= 0.3 is 5.97 Å². The van der Waals surface area contributed by atoms with Gasteiger partial charge in [-0.2, -0.15) is 8.42 Å². The first kappa shape index (κ1) is 12.4. The maximum absolute atomic E-state index is 11.3. The molecule has 1 aliphatic carbocycles. The van der Waals surface area contributed by atoms with Crippen LogP contribution in [0.3, 0.4) is 0 Å². The molecule has 0 spiro atoms. The second kappa shape index (κ2) is 4.07. The summed E-state index contributed by atoms with van der Waals surface area (Å²) in [5.74, 6) is -1.97. The highest BCUT2D eigenvalue weighted by molar-refractivity contribution is 7.87. The van der Waals surface area contributed by atoms with Gasteiger partial charge in [0.15, 0.2) is 0 Å². The third-order valence-electron chi connectivity index (χ3n) is 2.59. The number of ether oxygens (including phenoxy) is 1. The first-order valence-electron chi connectivity index (χ1n) is 4.69. The van der Waals surface area contributed by atoms with Gasteiger partial charge in [-0.25, -0.2) is 0 Å². The molecule has 1 saturated carbocycles. The Balaban J connectivity index is 2.95. The van der Waals surface area contributed by atoms with Crippen molar-refractivity contribution < 1.29 is 27.6 Å². The molecule has 2 unspecified atom stereocenters. The summed E-state index contributed by atoms with van der Waals surface area (Å²) >= 11 is 0. The Morgan fingerprint density at radius 3 is 2.67 bits per heavy atom. The van der Waals surface area contributed by atoms with Crippen molar-refractivity contribution in [1.82, 2.24) is 0 Å².